The van der Waals surface area contributed by atoms with Crippen LogP contribution in [0.15, 0.2) is 66.9 Å². The fourth-order valence-electron chi connectivity index (χ4n) is 3.40. The number of nitrogens with zero attached hydrogens (tertiary/aromatic N) is 4. The van der Waals surface area contributed by atoms with Crippen LogP contribution in [-0.2, 0) is 6.54 Å². The van der Waals surface area contributed by atoms with Gasteiger partial charge in [0.1, 0.15) is 5.82 Å². The van der Waals surface area contributed by atoms with Crippen molar-refractivity contribution in [3.05, 3.63) is 78.0 Å². The molecule has 27 heavy (non-hydrogen) atoms. The van der Waals surface area contributed by atoms with Crippen molar-refractivity contribution in [3.8, 4) is 0 Å². The van der Waals surface area contributed by atoms with Crippen LogP contribution in [0, 0.1) is 6.92 Å². The largest absolute Gasteiger partial charge is 0.354 e. The van der Waals surface area contributed by atoms with Gasteiger partial charge in [0.25, 0.3) is 0 Å². The first-order valence-corrected chi connectivity index (χ1v) is 9.45. The normalized spacial score (nSPS) is 14.9. The van der Waals surface area contributed by atoms with E-state index in [9.17, 15) is 0 Å². The van der Waals surface area contributed by atoms with Crippen molar-refractivity contribution in [2.24, 2.45) is 0 Å². The van der Waals surface area contributed by atoms with Crippen LogP contribution < -0.4 is 10.2 Å². The SMILES string of the molecule is Cc1ccccc1Nc1nccc(N2CCN(Cc3ccccc3)CC2)n1. The predicted octanol–water partition coefficient (Wildman–Crippen LogP) is 3.85. The van der Waals surface area contributed by atoms with Crippen molar-refractivity contribution in [2.75, 3.05) is 36.4 Å². The molecule has 0 radical (unpaired) electrons. The third-order valence-electron chi connectivity index (χ3n) is 4.98. The number of rotatable bonds is 5. The van der Waals surface area contributed by atoms with E-state index in [1.54, 1.807) is 0 Å². The fourth-order valence-corrected chi connectivity index (χ4v) is 3.40. The maximum atomic E-state index is 4.73. The highest BCUT2D eigenvalue weighted by Crippen LogP contribution is 2.20. The number of benzene rings is 2. The van der Waals surface area contributed by atoms with Crippen LogP contribution in [0.25, 0.3) is 0 Å². The van der Waals surface area contributed by atoms with E-state index < -0.39 is 0 Å². The monoisotopic (exact) mass is 359 g/mol. The zero-order chi connectivity index (χ0) is 18.5. The lowest BCUT2D eigenvalue weighted by Crippen LogP contribution is -2.46. The molecule has 0 amide bonds. The van der Waals surface area contributed by atoms with Crippen LogP contribution in [0.4, 0.5) is 17.5 Å². The van der Waals surface area contributed by atoms with Crippen molar-refractivity contribution < 1.29 is 0 Å². The summed E-state index contributed by atoms with van der Waals surface area (Å²) in [5, 5.41) is 3.33. The van der Waals surface area contributed by atoms with Gasteiger partial charge in [0.15, 0.2) is 0 Å². The maximum Gasteiger partial charge on any atom is 0.229 e. The van der Waals surface area contributed by atoms with Gasteiger partial charge >= 0.3 is 0 Å². The first-order valence-electron chi connectivity index (χ1n) is 9.45. The highest BCUT2D eigenvalue weighted by atomic mass is 15.3. The molecule has 2 heterocycles. The molecule has 1 fully saturated rings. The van der Waals surface area contributed by atoms with Gasteiger partial charge in [-0.05, 0) is 30.2 Å². The van der Waals surface area contributed by atoms with Crippen LogP contribution in [-0.4, -0.2) is 41.0 Å². The summed E-state index contributed by atoms with van der Waals surface area (Å²) in [6.07, 6.45) is 1.83. The highest BCUT2D eigenvalue weighted by molar-refractivity contribution is 5.59. The van der Waals surface area contributed by atoms with Gasteiger partial charge in [-0.25, -0.2) is 4.98 Å². The van der Waals surface area contributed by atoms with Gasteiger partial charge in [0.2, 0.25) is 5.95 Å². The van der Waals surface area contributed by atoms with E-state index in [2.05, 4.69) is 63.4 Å². The standard InChI is InChI=1S/C22H25N5/c1-18-7-5-6-10-20(18)24-22-23-12-11-21(25-22)27-15-13-26(14-16-27)17-19-8-3-2-4-9-19/h2-12H,13-17H2,1H3,(H,23,24,25). The van der Waals surface area contributed by atoms with Gasteiger partial charge in [0, 0.05) is 44.6 Å². The third-order valence-corrected chi connectivity index (χ3v) is 4.98. The van der Waals surface area contributed by atoms with Crippen LogP contribution in [0.2, 0.25) is 0 Å². The minimum Gasteiger partial charge on any atom is -0.354 e. The molecule has 3 aromatic rings. The lowest BCUT2D eigenvalue weighted by molar-refractivity contribution is 0.249. The quantitative estimate of drug-likeness (QED) is 0.750. The Labute approximate surface area is 160 Å². The molecule has 1 N–H and O–H groups in total. The Morgan fingerprint density at radius 3 is 2.41 bits per heavy atom. The lowest BCUT2D eigenvalue weighted by Gasteiger charge is -2.35. The van der Waals surface area contributed by atoms with E-state index in [4.69, 9.17) is 4.98 Å². The summed E-state index contributed by atoms with van der Waals surface area (Å²) in [6, 6.07) is 20.9. The van der Waals surface area contributed by atoms with Crippen molar-refractivity contribution in [2.45, 2.75) is 13.5 Å². The molecule has 2 aromatic carbocycles. The first kappa shape index (κ1) is 17.5. The summed E-state index contributed by atoms with van der Waals surface area (Å²) in [7, 11) is 0. The fraction of sp³-hybridized carbons (Fsp3) is 0.273. The Balaban J connectivity index is 1.38. The number of para-hydroxylation sites is 1. The minimum atomic E-state index is 0.647. The number of piperazine rings is 1. The Bertz CT molecular complexity index is 873. The van der Waals surface area contributed by atoms with Gasteiger partial charge in [-0.1, -0.05) is 48.5 Å². The molecule has 0 atom stereocenters. The molecule has 0 saturated carbocycles. The molecular formula is C22H25N5. The molecule has 1 aliphatic heterocycles. The molecule has 138 valence electrons. The van der Waals surface area contributed by atoms with Gasteiger partial charge in [-0.15, -0.1) is 0 Å². The summed E-state index contributed by atoms with van der Waals surface area (Å²) in [4.78, 5) is 13.9. The van der Waals surface area contributed by atoms with Gasteiger partial charge in [-0.2, -0.15) is 4.98 Å². The molecular weight excluding hydrogens is 334 g/mol. The molecule has 1 aromatic heterocycles. The van der Waals surface area contributed by atoms with Crippen LogP contribution in [0.5, 0.6) is 0 Å². The van der Waals surface area contributed by atoms with Crippen LogP contribution >= 0.6 is 0 Å². The second-order valence-corrected chi connectivity index (χ2v) is 6.93. The maximum absolute atomic E-state index is 4.73. The molecule has 0 spiro atoms. The van der Waals surface area contributed by atoms with E-state index >= 15 is 0 Å². The number of anilines is 3. The van der Waals surface area contributed by atoms with E-state index in [0.717, 1.165) is 44.2 Å². The number of aromatic nitrogens is 2. The Hall–Kier alpha value is -2.92. The molecule has 5 heteroatoms. The van der Waals surface area contributed by atoms with Crippen molar-refractivity contribution in [1.29, 1.82) is 0 Å². The van der Waals surface area contributed by atoms with E-state index in [1.807, 2.05) is 30.5 Å². The van der Waals surface area contributed by atoms with E-state index in [0.29, 0.717) is 5.95 Å². The zero-order valence-corrected chi connectivity index (χ0v) is 15.7. The van der Waals surface area contributed by atoms with E-state index in [1.165, 1.54) is 11.1 Å². The van der Waals surface area contributed by atoms with Crippen LogP contribution in [0.1, 0.15) is 11.1 Å². The molecule has 0 unspecified atom stereocenters. The third kappa shape index (κ3) is 4.44. The van der Waals surface area contributed by atoms with Crippen LogP contribution in [0.3, 0.4) is 0 Å². The highest BCUT2D eigenvalue weighted by Gasteiger charge is 2.18. The number of aryl methyl sites for hydroxylation is 1. The van der Waals surface area contributed by atoms with Crippen molar-refractivity contribution >= 4 is 17.5 Å². The second kappa shape index (κ2) is 8.18. The van der Waals surface area contributed by atoms with E-state index in [-0.39, 0.29) is 0 Å². The molecule has 1 aliphatic rings. The minimum absolute atomic E-state index is 0.647. The number of hydrogen-bond donors (Lipinski definition) is 1. The Morgan fingerprint density at radius 2 is 1.63 bits per heavy atom. The first-order chi connectivity index (χ1) is 13.3. The predicted molar refractivity (Wildman–Crippen MR) is 110 cm³/mol. The summed E-state index contributed by atoms with van der Waals surface area (Å²) in [5.74, 6) is 1.63. The number of hydrogen-bond acceptors (Lipinski definition) is 5. The second-order valence-electron chi connectivity index (χ2n) is 6.93. The molecule has 1 saturated heterocycles. The van der Waals surface area contributed by atoms with Gasteiger partial charge in [0.05, 0.1) is 0 Å². The zero-order valence-electron chi connectivity index (χ0n) is 15.7. The topological polar surface area (TPSA) is 44.3 Å². The molecule has 0 bridgehead atoms. The molecule has 4 rings (SSSR count). The van der Waals surface area contributed by atoms with Crippen molar-refractivity contribution in [1.82, 2.24) is 14.9 Å². The summed E-state index contributed by atoms with van der Waals surface area (Å²) < 4.78 is 0. The average molecular weight is 359 g/mol. The van der Waals surface area contributed by atoms with Gasteiger partial charge < -0.3 is 10.2 Å². The average Bonchev–Trinajstić information content (AvgIpc) is 2.71. The van der Waals surface area contributed by atoms with Crippen molar-refractivity contribution in [3.63, 3.8) is 0 Å². The smallest absolute Gasteiger partial charge is 0.229 e. The Morgan fingerprint density at radius 1 is 0.889 bits per heavy atom. The molecule has 5 nitrogen and oxygen atoms in total. The van der Waals surface area contributed by atoms with Gasteiger partial charge in [-0.3, -0.25) is 4.90 Å². The lowest BCUT2D eigenvalue weighted by atomic mass is 10.2. The summed E-state index contributed by atoms with van der Waals surface area (Å²) in [6.45, 7) is 7.14. The summed E-state index contributed by atoms with van der Waals surface area (Å²) in [5.41, 5.74) is 3.60. The number of nitrogens with one attached hydrogen (secondary N) is 1. The summed E-state index contributed by atoms with van der Waals surface area (Å²) >= 11 is 0. The Kier molecular flexibility index (Phi) is 5.30. The molecule has 0 aliphatic carbocycles.